The van der Waals surface area contributed by atoms with Gasteiger partial charge in [-0.1, -0.05) is 59.1 Å². The number of aromatic nitrogens is 4. The zero-order valence-electron chi connectivity index (χ0n) is 19.0. The molecule has 0 bridgehead atoms. The molecule has 0 atom stereocenters. The van der Waals surface area contributed by atoms with E-state index in [1.54, 1.807) is 72.3 Å². The topological polar surface area (TPSA) is 71.1 Å². The summed E-state index contributed by atoms with van der Waals surface area (Å²) in [5.41, 5.74) is 1.13. The van der Waals surface area contributed by atoms with Gasteiger partial charge in [0.2, 0.25) is 0 Å². The fourth-order valence-corrected chi connectivity index (χ4v) is 4.25. The number of hydrogen-bond donors (Lipinski definition) is 0. The van der Waals surface area contributed by atoms with Crippen LogP contribution in [0.5, 0.6) is 11.8 Å². The summed E-state index contributed by atoms with van der Waals surface area (Å²) in [6, 6.07) is 21.2. The van der Waals surface area contributed by atoms with Crippen molar-refractivity contribution in [2.75, 3.05) is 0 Å². The first-order valence-electron chi connectivity index (χ1n) is 10.9. The second kappa shape index (κ2) is 9.85. The number of aryl methyl sites for hydroxylation is 1. The zero-order valence-corrected chi connectivity index (χ0v) is 21.3. The van der Waals surface area contributed by atoms with Crippen LogP contribution in [0.15, 0.2) is 82.4 Å². The highest BCUT2D eigenvalue weighted by Crippen LogP contribution is 2.26. The number of nitrogens with zero attached hydrogens (tertiary/aromatic N) is 4. The first-order valence-corrected chi connectivity index (χ1v) is 12.1. The number of rotatable bonds is 6. The van der Waals surface area contributed by atoms with Gasteiger partial charge in [-0.2, -0.15) is 4.98 Å². The van der Waals surface area contributed by atoms with Crippen LogP contribution in [-0.4, -0.2) is 18.7 Å². The maximum Gasteiger partial charge on any atom is 0.332 e. The summed E-state index contributed by atoms with van der Waals surface area (Å²) in [6.07, 6.45) is 0. The largest absolute Gasteiger partial charge is 0.425 e. The Morgan fingerprint density at radius 3 is 1.72 bits per heavy atom. The Bertz CT molecular complexity index is 1670. The minimum atomic E-state index is -0.489. The summed E-state index contributed by atoms with van der Waals surface area (Å²) >= 11 is 18.1. The van der Waals surface area contributed by atoms with Crippen LogP contribution in [0.2, 0.25) is 15.1 Å². The number of hydrogen-bond acceptors (Lipinski definition) is 4. The van der Waals surface area contributed by atoms with Crippen molar-refractivity contribution in [1.29, 1.82) is 0 Å². The van der Waals surface area contributed by atoms with Gasteiger partial charge in [-0.25, -0.2) is 4.79 Å². The fraction of sp³-hybridized carbons (Fsp3) is 0.115. The number of benzene rings is 3. The molecule has 0 aliphatic rings. The van der Waals surface area contributed by atoms with Crippen molar-refractivity contribution in [2.45, 2.75) is 13.1 Å². The molecule has 0 saturated heterocycles. The molecule has 2 aromatic heterocycles. The van der Waals surface area contributed by atoms with Crippen molar-refractivity contribution in [1.82, 2.24) is 18.7 Å². The van der Waals surface area contributed by atoms with Gasteiger partial charge in [0.15, 0.2) is 11.2 Å². The van der Waals surface area contributed by atoms with Crippen molar-refractivity contribution in [2.24, 2.45) is 7.05 Å². The number of halogens is 3. The SMILES string of the molecule is Cn1c(=O)n(Cc2ccc(Cl)cc2)c(=O)c2c1nc(Oc1ccc(Cl)cc1)n2Cc1ccc(Cl)cc1. The molecular weight excluding hydrogens is 523 g/mol. The van der Waals surface area contributed by atoms with Crippen LogP contribution in [0.1, 0.15) is 11.1 Å². The van der Waals surface area contributed by atoms with Gasteiger partial charge in [0.25, 0.3) is 5.56 Å². The first kappa shape index (κ1) is 24.2. The molecule has 2 heterocycles. The molecule has 0 aliphatic heterocycles. The van der Waals surface area contributed by atoms with Gasteiger partial charge in [-0.3, -0.25) is 18.5 Å². The number of fused-ring (bicyclic) bond motifs is 1. The van der Waals surface area contributed by atoms with Gasteiger partial charge in [-0.15, -0.1) is 0 Å². The van der Waals surface area contributed by atoms with E-state index >= 15 is 0 Å². The van der Waals surface area contributed by atoms with Gasteiger partial charge in [0.05, 0.1) is 13.1 Å². The van der Waals surface area contributed by atoms with E-state index in [0.29, 0.717) is 20.8 Å². The zero-order chi connectivity index (χ0) is 25.4. The molecule has 0 radical (unpaired) electrons. The van der Waals surface area contributed by atoms with Crippen LogP contribution in [0.3, 0.4) is 0 Å². The van der Waals surface area contributed by atoms with Crippen LogP contribution in [0.25, 0.3) is 11.2 Å². The highest BCUT2D eigenvalue weighted by atomic mass is 35.5. The number of ether oxygens (including phenoxy) is 1. The number of imidazole rings is 1. The van der Waals surface area contributed by atoms with Crippen molar-refractivity contribution >= 4 is 46.0 Å². The van der Waals surface area contributed by atoms with E-state index in [1.165, 1.54) is 9.13 Å². The summed E-state index contributed by atoms with van der Waals surface area (Å²) in [7, 11) is 1.58. The maximum absolute atomic E-state index is 13.7. The van der Waals surface area contributed by atoms with Crippen molar-refractivity contribution in [3.05, 3.63) is 120 Å². The lowest BCUT2D eigenvalue weighted by molar-refractivity contribution is 0.421. The lowest BCUT2D eigenvalue weighted by Gasteiger charge is -2.12. The van der Waals surface area contributed by atoms with Crippen LogP contribution < -0.4 is 16.0 Å². The predicted octanol–water partition coefficient (Wildman–Crippen LogP) is 5.75. The monoisotopic (exact) mass is 540 g/mol. The summed E-state index contributed by atoms with van der Waals surface area (Å²) in [4.78, 5) is 31.4. The molecule has 182 valence electrons. The molecule has 36 heavy (non-hydrogen) atoms. The first-order chi connectivity index (χ1) is 17.3. The molecule has 0 spiro atoms. The van der Waals surface area contributed by atoms with Gasteiger partial charge < -0.3 is 4.74 Å². The molecule has 0 unspecified atom stereocenters. The molecule has 5 aromatic rings. The van der Waals surface area contributed by atoms with E-state index in [9.17, 15) is 9.59 Å². The quantitative estimate of drug-likeness (QED) is 0.275. The maximum atomic E-state index is 13.7. The third-order valence-corrected chi connectivity index (χ3v) is 6.48. The molecule has 10 heteroatoms. The summed E-state index contributed by atoms with van der Waals surface area (Å²) in [6.45, 7) is 0.350. The Hall–Kier alpha value is -3.52. The van der Waals surface area contributed by atoms with E-state index in [-0.39, 0.29) is 30.3 Å². The van der Waals surface area contributed by atoms with E-state index in [0.717, 1.165) is 11.1 Å². The van der Waals surface area contributed by atoms with Crippen LogP contribution in [0.4, 0.5) is 0 Å². The summed E-state index contributed by atoms with van der Waals surface area (Å²) < 4.78 is 10.2. The standard InChI is InChI=1S/C26H19Cl3N4O3/c1-31-23-22(24(34)33(26(31)35)15-17-4-8-19(28)9-5-17)32(14-16-2-6-18(27)7-3-16)25(30-23)36-21-12-10-20(29)11-13-21/h2-13H,14-15H2,1H3. The molecule has 0 saturated carbocycles. The smallest absolute Gasteiger partial charge is 0.332 e. The lowest BCUT2D eigenvalue weighted by atomic mass is 10.2. The Morgan fingerprint density at radius 2 is 1.19 bits per heavy atom. The molecule has 0 amide bonds. The third-order valence-electron chi connectivity index (χ3n) is 5.73. The predicted molar refractivity (Wildman–Crippen MR) is 142 cm³/mol. The lowest BCUT2D eigenvalue weighted by Crippen LogP contribution is -2.40. The molecule has 0 N–H and O–H groups in total. The average molecular weight is 542 g/mol. The normalized spacial score (nSPS) is 11.2. The summed E-state index contributed by atoms with van der Waals surface area (Å²) in [5.74, 6) is 0.485. The molecule has 7 nitrogen and oxygen atoms in total. The third kappa shape index (κ3) is 4.78. The second-order valence-corrected chi connectivity index (χ2v) is 9.50. The highest BCUT2D eigenvalue weighted by molar-refractivity contribution is 6.31. The van der Waals surface area contributed by atoms with Crippen LogP contribution in [-0.2, 0) is 20.1 Å². The average Bonchev–Trinajstić information content (AvgIpc) is 3.22. The molecule has 0 fully saturated rings. The second-order valence-electron chi connectivity index (χ2n) is 8.19. The van der Waals surface area contributed by atoms with E-state index in [4.69, 9.17) is 39.5 Å². The Morgan fingerprint density at radius 1 is 0.722 bits per heavy atom. The van der Waals surface area contributed by atoms with Crippen LogP contribution in [0, 0.1) is 0 Å². The van der Waals surface area contributed by atoms with Crippen molar-refractivity contribution in [3.8, 4) is 11.8 Å². The van der Waals surface area contributed by atoms with Crippen LogP contribution >= 0.6 is 34.8 Å². The highest BCUT2D eigenvalue weighted by Gasteiger charge is 2.22. The van der Waals surface area contributed by atoms with Gasteiger partial charge in [0.1, 0.15) is 5.75 Å². The van der Waals surface area contributed by atoms with E-state index < -0.39 is 11.2 Å². The van der Waals surface area contributed by atoms with Gasteiger partial charge in [-0.05, 0) is 59.7 Å². The fourth-order valence-electron chi connectivity index (χ4n) is 3.87. The Labute approximate surface area is 220 Å². The van der Waals surface area contributed by atoms with Gasteiger partial charge in [0, 0.05) is 22.1 Å². The van der Waals surface area contributed by atoms with Gasteiger partial charge >= 0.3 is 11.7 Å². The molecule has 3 aromatic carbocycles. The Balaban J connectivity index is 1.69. The molecule has 5 rings (SSSR count). The minimum absolute atomic E-state index is 0.0815. The Kier molecular flexibility index (Phi) is 6.62. The molecule has 0 aliphatic carbocycles. The van der Waals surface area contributed by atoms with E-state index in [1.807, 2.05) is 12.1 Å². The van der Waals surface area contributed by atoms with Crippen molar-refractivity contribution in [3.63, 3.8) is 0 Å². The van der Waals surface area contributed by atoms with E-state index in [2.05, 4.69) is 4.98 Å². The minimum Gasteiger partial charge on any atom is -0.425 e. The van der Waals surface area contributed by atoms with Crippen molar-refractivity contribution < 1.29 is 4.74 Å². The molecular formula is C26H19Cl3N4O3. The summed E-state index contributed by atoms with van der Waals surface area (Å²) in [5, 5.41) is 1.73.